The van der Waals surface area contributed by atoms with E-state index in [4.69, 9.17) is 16.2 Å². The highest BCUT2D eigenvalue weighted by atomic mass is 19.1. The third-order valence-electron chi connectivity index (χ3n) is 3.93. The second-order valence-corrected chi connectivity index (χ2v) is 5.88. The normalized spacial score (nSPS) is 11.0. The second kappa shape index (κ2) is 11.6. The Hall–Kier alpha value is -3.09. The maximum Gasteiger partial charge on any atom is 0.269 e. The molecule has 0 bridgehead atoms. The molecule has 0 aliphatic carbocycles. The molecular weight excluding hydrogens is 359 g/mol. The zero-order valence-electron chi connectivity index (χ0n) is 16.9. The van der Waals surface area contributed by atoms with E-state index in [1.807, 2.05) is 26.8 Å². The number of nitrogens with zero attached hydrogens (tertiary/aromatic N) is 1. The van der Waals surface area contributed by atoms with Gasteiger partial charge in [0.25, 0.3) is 5.91 Å². The molecule has 1 aromatic heterocycles. The number of halogens is 1. The lowest BCUT2D eigenvalue weighted by Crippen LogP contribution is -2.31. The zero-order valence-corrected chi connectivity index (χ0v) is 16.9. The average Bonchev–Trinajstić information content (AvgIpc) is 2.71. The average molecular weight is 388 g/mol. The summed E-state index contributed by atoms with van der Waals surface area (Å²) in [6.07, 6.45) is 3.98. The molecule has 152 valence electrons. The van der Waals surface area contributed by atoms with E-state index < -0.39 is 5.91 Å². The highest BCUT2D eigenvalue weighted by Crippen LogP contribution is 2.21. The van der Waals surface area contributed by atoms with Crippen LogP contribution in [0.25, 0.3) is 5.70 Å². The number of aromatic nitrogens is 1. The fourth-order valence-electron chi connectivity index (χ4n) is 2.51. The van der Waals surface area contributed by atoms with E-state index in [0.717, 1.165) is 23.1 Å². The number of aryl methyl sites for hydroxylation is 2. The summed E-state index contributed by atoms with van der Waals surface area (Å²) in [4.78, 5) is 15.9. The van der Waals surface area contributed by atoms with Crippen molar-refractivity contribution in [2.24, 2.45) is 11.5 Å². The number of hydrogen-bond donors (Lipinski definition) is 3. The fourth-order valence-corrected chi connectivity index (χ4v) is 2.51. The van der Waals surface area contributed by atoms with E-state index in [2.05, 4.69) is 10.3 Å². The number of benzene rings is 1. The van der Waals surface area contributed by atoms with Crippen LogP contribution in [-0.4, -0.2) is 24.5 Å². The molecule has 0 aliphatic heterocycles. The zero-order chi connectivity index (χ0) is 21.1. The Morgan fingerprint density at radius 1 is 1.21 bits per heavy atom. The van der Waals surface area contributed by atoms with Gasteiger partial charge in [-0.2, -0.15) is 0 Å². The minimum absolute atomic E-state index is 0.0398. The van der Waals surface area contributed by atoms with Gasteiger partial charge < -0.3 is 21.5 Å². The standard InChI is InChI=1S/C19H23FN4O2.C2H6/c1-12-8-14(5-6-16(12)26-2)17(21)18(22)19(25)24-7-3-4-13-9-15(20)11-23-10-13;1-2/h5-6,8-11H,3-4,7,21-22H2,1-2H3,(H,24,25);1-2H3/b18-17-;. The van der Waals surface area contributed by atoms with E-state index in [0.29, 0.717) is 24.9 Å². The molecule has 0 radical (unpaired) electrons. The van der Waals surface area contributed by atoms with Gasteiger partial charge >= 0.3 is 0 Å². The van der Waals surface area contributed by atoms with Crippen molar-refractivity contribution in [2.45, 2.75) is 33.6 Å². The van der Waals surface area contributed by atoms with Crippen LogP contribution in [0, 0.1) is 12.7 Å². The summed E-state index contributed by atoms with van der Waals surface area (Å²) in [6.45, 7) is 6.28. The number of nitrogens with two attached hydrogens (primary N) is 2. The third kappa shape index (κ3) is 6.57. The van der Waals surface area contributed by atoms with E-state index in [-0.39, 0.29) is 17.2 Å². The molecule has 0 unspecified atom stereocenters. The van der Waals surface area contributed by atoms with Crippen LogP contribution >= 0.6 is 0 Å². The maximum atomic E-state index is 13.1. The van der Waals surface area contributed by atoms with Gasteiger partial charge in [-0.05, 0) is 55.2 Å². The first-order chi connectivity index (χ1) is 13.4. The smallest absolute Gasteiger partial charge is 0.269 e. The van der Waals surface area contributed by atoms with Crippen LogP contribution in [0.3, 0.4) is 0 Å². The Morgan fingerprint density at radius 3 is 2.54 bits per heavy atom. The molecule has 6 nitrogen and oxygen atoms in total. The lowest BCUT2D eigenvalue weighted by molar-refractivity contribution is -0.117. The van der Waals surface area contributed by atoms with Crippen LogP contribution < -0.4 is 21.5 Å². The molecule has 0 saturated carbocycles. The molecule has 5 N–H and O–H groups in total. The summed E-state index contributed by atoms with van der Waals surface area (Å²) < 4.78 is 18.3. The first-order valence-electron chi connectivity index (χ1n) is 9.20. The number of amides is 1. The van der Waals surface area contributed by atoms with E-state index in [1.165, 1.54) is 6.07 Å². The molecule has 0 fully saturated rings. The van der Waals surface area contributed by atoms with Crippen molar-refractivity contribution in [3.8, 4) is 5.75 Å². The molecule has 0 saturated heterocycles. The molecule has 2 aromatic rings. The van der Waals surface area contributed by atoms with Gasteiger partial charge in [0.05, 0.1) is 19.0 Å². The van der Waals surface area contributed by atoms with Crippen LogP contribution in [0.5, 0.6) is 5.75 Å². The van der Waals surface area contributed by atoms with Crippen molar-refractivity contribution < 1.29 is 13.9 Å². The molecular formula is C21H29FN4O2. The van der Waals surface area contributed by atoms with Gasteiger partial charge in [0, 0.05) is 18.3 Å². The topological polar surface area (TPSA) is 103 Å². The molecule has 0 atom stereocenters. The van der Waals surface area contributed by atoms with Crippen LogP contribution in [0.15, 0.2) is 42.4 Å². The van der Waals surface area contributed by atoms with E-state index in [9.17, 15) is 9.18 Å². The number of ether oxygens (including phenoxy) is 1. The number of pyridine rings is 1. The molecule has 1 aromatic carbocycles. The van der Waals surface area contributed by atoms with E-state index in [1.54, 1.807) is 25.4 Å². The highest BCUT2D eigenvalue weighted by Gasteiger charge is 2.12. The summed E-state index contributed by atoms with van der Waals surface area (Å²) in [7, 11) is 1.59. The van der Waals surface area contributed by atoms with Crippen molar-refractivity contribution in [3.05, 3.63) is 64.9 Å². The molecule has 0 aliphatic rings. The summed E-state index contributed by atoms with van der Waals surface area (Å²) in [5, 5.41) is 2.71. The molecule has 28 heavy (non-hydrogen) atoms. The molecule has 7 heteroatoms. The minimum Gasteiger partial charge on any atom is -0.496 e. The number of nitrogens with one attached hydrogen (secondary N) is 1. The van der Waals surface area contributed by atoms with Crippen molar-refractivity contribution >= 4 is 11.6 Å². The van der Waals surface area contributed by atoms with E-state index >= 15 is 0 Å². The minimum atomic E-state index is -0.437. The second-order valence-electron chi connectivity index (χ2n) is 5.88. The summed E-state index contributed by atoms with van der Waals surface area (Å²) in [6, 6.07) is 6.76. The Morgan fingerprint density at radius 2 is 1.93 bits per heavy atom. The first kappa shape index (κ1) is 23.0. The Bertz CT molecular complexity index is 822. The van der Waals surface area contributed by atoms with Gasteiger partial charge in [-0.3, -0.25) is 9.78 Å². The first-order valence-corrected chi connectivity index (χ1v) is 9.20. The van der Waals surface area contributed by atoms with Gasteiger partial charge in [-0.15, -0.1) is 0 Å². The Kier molecular flexibility index (Phi) is 9.50. The van der Waals surface area contributed by atoms with Gasteiger partial charge in [-0.1, -0.05) is 13.8 Å². The highest BCUT2D eigenvalue weighted by molar-refractivity contribution is 5.99. The predicted molar refractivity (Wildman–Crippen MR) is 110 cm³/mol. The van der Waals surface area contributed by atoms with Gasteiger partial charge in [0.15, 0.2) is 0 Å². The Balaban J connectivity index is 0.00000190. The van der Waals surface area contributed by atoms with Crippen molar-refractivity contribution in [3.63, 3.8) is 0 Å². The summed E-state index contributed by atoms with van der Waals surface area (Å²) in [5.41, 5.74) is 14.4. The van der Waals surface area contributed by atoms with Crippen LogP contribution in [0.4, 0.5) is 4.39 Å². The van der Waals surface area contributed by atoms with Crippen molar-refractivity contribution in [2.75, 3.05) is 13.7 Å². The van der Waals surface area contributed by atoms with Crippen LogP contribution in [0.1, 0.15) is 37.0 Å². The number of carbonyl (C=O) groups is 1. The quantitative estimate of drug-likeness (QED) is 0.500. The number of hydrogen-bond acceptors (Lipinski definition) is 5. The number of carbonyl (C=O) groups excluding carboxylic acids is 1. The fraction of sp³-hybridized carbons (Fsp3) is 0.333. The monoisotopic (exact) mass is 388 g/mol. The number of methoxy groups -OCH3 is 1. The largest absolute Gasteiger partial charge is 0.496 e. The Labute approximate surface area is 165 Å². The third-order valence-corrected chi connectivity index (χ3v) is 3.93. The molecule has 0 spiro atoms. The lowest BCUT2D eigenvalue weighted by atomic mass is 10.1. The van der Waals surface area contributed by atoms with Crippen molar-refractivity contribution in [1.29, 1.82) is 0 Å². The van der Waals surface area contributed by atoms with Gasteiger partial charge in [0.2, 0.25) is 0 Å². The molecule has 2 rings (SSSR count). The molecule has 1 amide bonds. The van der Waals surface area contributed by atoms with Gasteiger partial charge in [-0.25, -0.2) is 4.39 Å². The lowest BCUT2D eigenvalue weighted by Gasteiger charge is -2.11. The molecule has 1 heterocycles. The van der Waals surface area contributed by atoms with Gasteiger partial charge in [0.1, 0.15) is 17.3 Å². The number of rotatable bonds is 7. The summed E-state index contributed by atoms with van der Waals surface area (Å²) in [5.74, 6) is -0.0778. The van der Waals surface area contributed by atoms with Crippen LogP contribution in [0.2, 0.25) is 0 Å². The summed E-state index contributed by atoms with van der Waals surface area (Å²) >= 11 is 0. The van der Waals surface area contributed by atoms with Crippen LogP contribution in [-0.2, 0) is 11.2 Å². The SMILES string of the molecule is CC.COc1ccc(/C(N)=C(/N)C(=O)NCCCc2cncc(F)c2)cc1C. The maximum absolute atomic E-state index is 13.1. The van der Waals surface area contributed by atoms with Crippen molar-refractivity contribution in [1.82, 2.24) is 10.3 Å². The predicted octanol–water partition coefficient (Wildman–Crippen LogP) is 2.90.